The first-order chi connectivity index (χ1) is 9.74. The minimum Gasteiger partial charge on any atom is -0.261 e. The molecule has 0 saturated heterocycles. The van der Waals surface area contributed by atoms with Crippen LogP contribution in [-0.2, 0) is 5.41 Å². The van der Waals surface area contributed by atoms with Crippen molar-refractivity contribution >= 4 is 27.8 Å². The molecule has 0 fully saturated rings. The van der Waals surface area contributed by atoms with Gasteiger partial charge in [0.1, 0.15) is 0 Å². The molecule has 0 radical (unpaired) electrons. The topological polar surface area (TPSA) is 12.4 Å². The van der Waals surface area contributed by atoms with Gasteiger partial charge in [0.15, 0.2) is 0 Å². The summed E-state index contributed by atoms with van der Waals surface area (Å²) in [5, 5.41) is 0. The highest BCUT2D eigenvalue weighted by atomic mass is 79.9. The van der Waals surface area contributed by atoms with Gasteiger partial charge in [-0.1, -0.05) is 62.7 Å². The van der Waals surface area contributed by atoms with Crippen LogP contribution in [0.4, 0.5) is 0 Å². The number of halogens is 1. The predicted octanol–water partition coefficient (Wildman–Crippen LogP) is 6.78. The number of benzene rings is 1. The first kappa shape index (κ1) is 19.9. The molecule has 1 nitrogen and oxygen atoms in total. The quantitative estimate of drug-likeness (QED) is 0.421. The van der Waals surface area contributed by atoms with E-state index in [-0.39, 0.29) is 5.41 Å². The van der Waals surface area contributed by atoms with Crippen molar-refractivity contribution < 1.29 is 0 Å². The summed E-state index contributed by atoms with van der Waals surface area (Å²) in [4.78, 5) is 4.45. The molecule has 0 bridgehead atoms. The van der Waals surface area contributed by atoms with E-state index in [0.29, 0.717) is 0 Å². The lowest BCUT2D eigenvalue weighted by molar-refractivity contribution is 0.589. The van der Waals surface area contributed by atoms with Gasteiger partial charge in [-0.15, -0.1) is 0 Å². The van der Waals surface area contributed by atoms with Crippen LogP contribution in [0.3, 0.4) is 0 Å². The van der Waals surface area contributed by atoms with Gasteiger partial charge in [-0.25, -0.2) is 0 Å². The molecule has 116 valence electrons. The Labute approximate surface area is 139 Å². The lowest BCUT2D eigenvalue weighted by Crippen LogP contribution is -2.11. The van der Waals surface area contributed by atoms with Crippen molar-refractivity contribution in [2.45, 2.75) is 53.9 Å². The van der Waals surface area contributed by atoms with E-state index in [9.17, 15) is 0 Å². The highest BCUT2D eigenvalue weighted by molar-refractivity contribution is 9.10. The highest BCUT2D eigenvalue weighted by Gasteiger charge is 2.15. The van der Waals surface area contributed by atoms with Crippen LogP contribution in [0.2, 0.25) is 0 Å². The Morgan fingerprint density at radius 1 is 1.19 bits per heavy atom. The zero-order valence-electron chi connectivity index (χ0n) is 14.4. The summed E-state index contributed by atoms with van der Waals surface area (Å²) >= 11 is 3.59. The first-order valence-corrected chi connectivity index (χ1v) is 8.20. The summed E-state index contributed by atoms with van der Waals surface area (Å²) in [7, 11) is 0. The van der Waals surface area contributed by atoms with Crippen molar-refractivity contribution in [1.29, 1.82) is 0 Å². The third-order valence-electron chi connectivity index (χ3n) is 2.71. The van der Waals surface area contributed by atoms with Crippen molar-refractivity contribution in [3.8, 4) is 0 Å². The molecule has 0 unspecified atom stereocenters. The van der Waals surface area contributed by atoms with Gasteiger partial charge in [0, 0.05) is 16.3 Å². The Balaban J connectivity index is 0.00000191. The largest absolute Gasteiger partial charge is 0.261 e. The Morgan fingerprint density at radius 3 is 2.19 bits per heavy atom. The smallest absolute Gasteiger partial charge is 0.0700 e. The number of allylic oxidation sites excluding steroid dienone is 2. The number of aliphatic imine (C=N–C) groups is 1. The molecule has 1 aromatic rings. The maximum Gasteiger partial charge on any atom is 0.0700 e. The van der Waals surface area contributed by atoms with E-state index in [2.05, 4.69) is 66.5 Å². The molecule has 1 rings (SSSR count). The number of hydrogen-bond acceptors (Lipinski definition) is 1. The van der Waals surface area contributed by atoms with Crippen LogP contribution in [-0.4, -0.2) is 6.21 Å². The molecule has 0 amide bonds. The fourth-order valence-corrected chi connectivity index (χ4v) is 2.23. The molecule has 0 aliphatic heterocycles. The first-order valence-electron chi connectivity index (χ1n) is 7.41. The molecule has 2 heteroatoms. The molecule has 0 aliphatic rings. The molecule has 0 spiro atoms. The Bertz CT molecular complexity index is 531. The van der Waals surface area contributed by atoms with Gasteiger partial charge in [0.25, 0.3) is 0 Å². The van der Waals surface area contributed by atoms with E-state index in [1.165, 1.54) is 5.56 Å². The summed E-state index contributed by atoms with van der Waals surface area (Å²) in [6, 6.07) is 6.46. The summed E-state index contributed by atoms with van der Waals surface area (Å²) < 4.78 is 1.08. The van der Waals surface area contributed by atoms with Crippen LogP contribution in [0.1, 0.15) is 59.6 Å². The summed E-state index contributed by atoms with van der Waals surface area (Å²) in [6.07, 6.45) is 3.82. The lowest BCUT2D eigenvalue weighted by atomic mass is 9.86. The molecular formula is C19H28BrN. The number of rotatable bonds is 3. The van der Waals surface area contributed by atoms with Gasteiger partial charge >= 0.3 is 0 Å². The molecule has 0 heterocycles. The predicted molar refractivity (Wildman–Crippen MR) is 101 cm³/mol. The Kier molecular flexibility index (Phi) is 8.50. The lowest BCUT2D eigenvalue weighted by Gasteiger charge is -2.20. The zero-order valence-corrected chi connectivity index (χ0v) is 16.0. The summed E-state index contributed by atoms with van der Waals surface area (Å²) in [6.45, 7) is 18.5. The Morgan fingerprint density at radius 2 is 1.76 bits per heavy atom. The number of nitrogens with zero attached hydrogens (tertiary/aromatic N) is 1. The molecule has 0 aliphatic carbocycles. The van der Waals surface area contributed by atoms with Crippen molar-refractivity contribution in [1.82, 2.24) is 0 Å². The fraction of sp³-hybridized carbons (Fsp3) is 0.421. The van der Waals surface area contributed by atoms with Crippen LogP contribution in [0.25, 0.3) is 5.70 Å². The molecule has 0 atom stereocenters. The molecule has 0 N–H and O–H groups in total. The van der Waals surface area contributed by atoms with Crippen LogP contribution in [0.5, 0.6) is 0 Å². The highest BCUT2D eigenvalue weighted by Crippen LogP contribution is 2.30. The minimum atomic E-state index is 0.114. The summed E-state index contributed by atoms with van der Waals surface area (Å²) in [5.41, 5.74) is 4.46. The van der Waals surface area contributed by atoms with E-state index in [4.69, 9.17) is 0 Å². The second-order valence-electron chi connectivity index (χ2n) is 5.74. The van der Waals surface area contributed by atoms with Crippen LogP contribution < -0.4 is 0 Å². The van der Waals surface area contributed by atoms with Crippen molar-refractivity contribution in [2.24, 2.45) is 4.99 Å². The maximum atomic E-state index is 4.45. The van der Waals surface area contributed by atoms with E-state index < -0.39 is 0 Å². The molecule has 0 saturated carbocycles. The van der Waals surface area contributed by atoms with Crippen molar-refractivity contribution in [3.05, 3.63) is 52.0 Å². The van der Waals surface area contributed by atoms with E-state index >= 15 is 0 Å². The van der Waals surface area contributed by atoms with Crippen LogP contribution in [0, 0.1) is 0 Å². The second-order valence-corrected chi connectivity index (χ2v) is 6.66. The third kappa shape index (κ3) is 6.90. The van der Waals surface area contributed by atoms with Crippen molar-refractivity contribution in [2.75, 3.05) is 0 Å². The molecule has 0 aromatic heterocycles. The van der Waals surface area contributed by atoms with Crippen LogP contribution >= 0.6 is 15.9 Å². The van der Waals surface area contributed by atoms with E-state index in [1.54, 1.807) is 0 Å². The zero-order chi connectivity index (χ0) is 16.6. The van der Waals surface area contributed by atoms with Gasteiger partial charge in [-0.05, 0) is 49.1 Å². The van der Waals surface area contributed by atoms with Crippen LogP contribution in [0.15, 0.2) is 45.9 Å². The van der Waals surface area contributed by atoms with Gasteiger partial charge in [0.2, 0.25) is 0 Å². The minimum absolute atomic E-state index is 0.114. The normalized spacial score (nSPS) is 12.1. The molecule has 1 aromatic carbocycles. The molecule has 21 heavy (non-hydrogen) atoms. The maximum absolute atomic E-state index is 4.45. The SMILES string of the molecule is C=C(C)/C=C(\N=CC)c1cc(Br)cc(C(C)(C)C)c1.CC. The monoisotopic (exact) mass is 349 g/mol. The van der Waals surface area contributed by atoms with Crippen molar-refractivity contribution in [3.63, 3.8) is 0 Å². The van der Waals surface area contributed by atoms with Gasteiger partial charge < -0.3 is 0 Å². The number of hydrogen-bond donors (Lipinski definition) is 0. The van der Waals surface area contributed by atoms with Gasteiger partial charge in [-0.3, -0.25) is 4.99 Å². The standard InChI is InChI=1S/C17H22BrN.C2H6/c1-7-19-16(8-12(2)3)13-9-14(17(4,5)6)11-15(18)10-13;1-2/h7-11H,2H2,1,3-6H3;1-2H3/b16-8-,19-7?;. The van der Waals surface area contributed by atoms with E-state index in [1.807, 2.05) is 40.0 Å². The average molecular weight is 350 g/mol. The fourth-order valence-electron chi connectivity index (χ4n) is 1.74. The second kappa shape index (κ2) is 8.99. The van der Waals surface area contributed by atoms with Gasteiger partial charge in [-0.2, -0.15) is 0 Å². The third-order valence-corrected chi connectivity index (χ3v) is 3.17. The average Bonchev–Trinajstić information content (AvgIpc) is 2.38. The van der Waals surface area contributed by atoms with Gasteiger partial charge in [0.05, 0.1) is 5.70 Å². The Hall–Kier alpha value is -1.15. The summed E-state index contributed by atoms with van der Waals surface area (Å²) in [5.74, 6) is 0. The molecular weight excluding hydrogens is 322 g/mol. The van der Waals surface area contributed by atoms with E-state index in [0.717, 1.165) is 21.3 Å².